The minimum atomic E-state index is -0.672. The Morgan fingerprint density at radius 3 is 1.86 bits per heavy atom. The molecule has 29 heavy (non-hydrogen) atoms. The summed E-state index contributed by atoms with van der Waals surface area (Å²) in [6, 6.07) is 20.6. The number of benzene rings is 3. The number of hydrogen-bond donors (Lipinski definition) is 0. The molecule has 0 saturated heterocycles. The van der Waals surface area contributed by atoms with Gasteiger partial charge in [-0.25, -0.2) is 0 Å². The van der Waals surface area contributed by atoms with Gasteiger partial charge in [0.15, 0.2) is 0 Å². The second kappa shape index (κ2) is 8.95. The van der Waals surface area contributed by atoms with Crippen molar-refractivity contribution in [3.8, 4) is 0 Å². The molecule has 0 radical (unpaired) electrons. The van der Waals surface area contributed by atoms with Crippen LogP contribution in [0.15, 0.2) is 72.8 Å². The van der Waals surface area contributed by atoms with Crippen LogP contribution in [-0.4, -0.2) is 9.85 Å². The summed E-state index contributed by atoms with van der Waals surface area (Å²) in [6.45, 7) is 0. The van der Waals surface area contributed by atoms with Gasteiger partial charge in [-0.3, -0.25) is 20.2 Å². The fraction of sp³-hybridized carbons (Fsp3) is 0. The van der Waals surface area contributed by atoms with E-state index in [-0.39, 0.29) is 21.8 Å². The van der Waals surface area contributed by atoms with Gasteiger partial charge in [-0.05, 0) is 29.3 Å². The molecule has 7 heteroatoms. The average molecular weight is 407 g/mol. The molecule has 0 aliphatic rings. The van der Waals surface area contributed by atoms with Crippen molar-refractivity contribution in [2.24, 2.45) is 0 Å². The molecule has 0 aliphatic heterocycles. The third kappa shape index (κ3) is 4.94. The molecule has 6 nitrogen and oxygen atoms in total. The molecular formula is C22H15ClN2O4. The molecule has 0 amide bonds. The summed E-state index contributed by atoms with van der Waals surface area (Å²) in [6.07, 6.45) is 4.83. The first-order chi connectivity index (χ1) is 14.0. The molecule has 0 aromatic heterocycles. The normalized spacial score (nSPS) is 11.6. The van der Waals surface area contributed by atoms with Gasteiger partial charge >= 0.3 is 0 Å². The maximum atomic E-state index is 11.5. The van der Waals surface area contributed by atoms with Gasteiger partial charge in [0.2, 0.25) is 0 Å². The van der Waals surface area contributed by atoms with Crippen LogP contribution in [0.4, 0.5) is 11.4 Å². The topological polar surface area (TPSA) is 86.3 Å². The van der Waals surface area contributed by atoms with Gasteiger partial charge in [-0.15, -0.1) is 0 Å². The Bertz CT molecular complexity index is 1110. The highest BCUT2D eigenvalue weighted by atomic mass is 35.5. The lowest BCUT2D eigenvalue weighted by Gasteiger charge is -2.06. The molecule has 0 N–H and O–H groups in total. The van der Waals surface area contributed by atoms with E-state index in [0.29, 0.717) is 0 Å². The predicted molar refractivity (Wildman–Crippen MR) is 115 cm³/mol. The summed E-state index contributed by atoms with van der Waals surface area (Å²) >= 11 is 6.37. The number of nitro groups is 2. The van der Waals surface area contributed by atoms with Crippen LogP contribution in [0.2, 0.25) is 0 Å². The lowest BCUT2D eigenvalue weighted by Crippen LogP contribution is -1.99. The summed E-state index contributed by atoms with van der Waals surface area (Å²) in [4.78, 5) is 21.7. The molecule has 0 spiro atoms. The van der Waals surface area contributed by atoms with E-state index in [1.165, 1.54) is 6.07 Å². The third-order valence-corrected chi connectivity index (χ3v) is 4.46. The van der Waals surface area contributed by atoms with E-state index < -0.39 is 15.5 Å². The lowest BCUT2D eigenvalue weighted by molar-refractivity contribution is -0.394. The largest absolute Gasteiger partial charge is 0.285 e. The molecule has 0 heterocycles. The van der Waals surface area contributed by atoms with Crippen LogP contribution in [0.25, 0.3) is 23.3 Å². The van der Waals surface area contributed by atoms with Gasteiger partial charge in [-0.2, -0.15) is 0 Å². The zero-order valence-corrected chi connectivity index (χ0v) is 15.8. The highest BCUT2D eigenvalue weighted by molar-refractivity contribution is 6.51. The fourth-order valence-corrected chi connectivity index (χ4v) is 3.03. The zero-order chi connectivity index (χ0) is 20.8. The summed E-state index contributed by atoms with van der Waals surface area (Å²) in [7, 11) is 0. The minimum absolute atomic E-state index is 0.110. The van der Waals surface area contributed by atoms with Gasteiger partial charge < -0.3 is 0 Å². The Morgan fingerprint density at radius 1 is 0.759 bits per heavy atom. The van der Waals surface area contributed by atoms with Crippen molar-refractivity contribution in [1.82, 2.24) is 0 Å². The van der Waals surface area contributed by atoms with Gasteiger partial charge in [-0.1, -0.05) is 78.3 Å². The highest BCUT2D eigenvalue weighted by Gasteiger charge is 2.24. The minimum Gasteiger partial charge on any atom is -0.258 e. The monoisotopic (exact) mass is 406 g/mol. The molecule has 3 rings (SSSR count). The molecule has 0 bridgehead atoms. The quantitative estimate of drug-likeness (QED) is 0.269. The number of halogens is 1. The van der Waals surface area contributed by atoms with Gasteiger partial charge in [0.1, 0.15) is 0 Å². The van der Waals surface area contributed by atoms with E-state index in [1.54, 1.807) is 30.4 Å². The first-order valence-corrected chi connectivity index (χ1v) is 8.96. The van der Waals surface area contributed by atoms with Crippen molar-refractivity contribution < 1.29 is 9.85 Å². The second-order valence-corrected chi connectivity index (χ2v) is 6.50. The van der Waals surface area contributed by atoms with Gasteiger partial charge in [0.25, 0.3) is 11.4 Å². The summed E-state index contributed by atoms with van der Waals surface area (Å²) in [5.74, 6) is 0. The molecule has 0 aliphatic carbocycles. The zero-order valence-electron chi connectivity index (χ0n) is 15.1. The van der Waals surface area contributed by atoms with Crippen molar-refractivity contribution in [3.05, 3.63) is 115 Å². The van der Waals surface area contributed by atoms with E-state index in [1.807, 2.05) is 48.5 Å². The maximum Gasteiger partial charge on any atom is 0.285 e. The number of hydrogen-bond acceptors (Lipinski definition) is 4. The number of rotatable bonds is 6. The standard InChI is InChI=1S/C22H15ClN2O4/c23-20(13-17-9-5-2-6-10-17)19-14-18(12-11-16-7-3-1-4-8-16)21(24(26)27)15-22(19)25(28)29/h1-15H/b12-11-,20-13+. The second-order valence-electron chi connectivity index (χ2n) is 6.09. The first-order valence-electron chi connectivity index (χ1n) is 8.58. The van der Waals surface area contributed by atoms with Crippen LogP contribution >= 0.6 is 11.6 Å². The van der Waals surface area contributed by atoms with E-state index in [0.717, 1.165) is 17.2 Å². The first kappa shape index (κ1) is 20.0. The Labute approximate surface area is 171 Å². The van der Waals surface area contributed by atoms with Crippen molar-refractivity contribution in [2.75, 3.05) is 0 Å². The van der Waals surface area contributed by atoms with Gasteiger partial charge in [0, 0.05) is 0 Å². The number of nitro benzene ring substituents is 2. The van der Waals surface area contributed by atoms with Crippen LogP contribution in [0.5, 0.6) is 0 Å². The molecule has 0 unspecified atom stereocenters. The van der Waals surface area contributed by atoms with E-state index in [2.05, 4.69) is 0 Å². The maximum absolute atomic E-state index is 11.5. The predicted octanol–water partition coefficient (Wildman–Crippen LogP) is 6.41. The van der Waals surface area contributed by atoms with Crippen LogP contribution in [0.1, 0.15) is 22.3 Å². The Kier molecular flexibility index (Phi) is 6.16. The molecule has 3 aromatic rings. The number of nitrogens with zero attached hydrogens (tertiary/aromatic N) is 2. The van der Waals surface area contributed by atoms with Crippen LogP contribution in [0.3, 0.4) is 0 Å². The van der Waals surface area contributed by atoms with Crippen molar-refractivity contribution >= 4 is 46.2 Å². The Balaban J connectivity index is 2.14. The lowest BCUT2D eigenvalue weighted by atomic mass is 10.0. The highest BCUT2D eigenvalue weighted by Crippen LogP contribution is 2.36. The van der Waals surface area contributed by atoms with Crippen LogP contribution < -0.4 is 0 Å². The Hall–Kier alpha value is -3.77. The molecule has 0 fully saturated rings. The van der Waals surface area contributed by atoms with Crippen molar-refractivity contribution in [2.45, 2.75) is 0 Å². The van der Waals surface area contributed by atoms with Gasteiger partial charge in [0.05, 0.1) is 32.1 Å². The van der Waals surface area contributed by atoms with E-state index >= 15 is 0 Å². The smallest absolute Gasteiger partial charge is 0.258 e. The van der Waals surface area contributed by atoms with Crippen LogP contribution in [-0.2, 0) is 0 Å². The molecular weight excluding hydrogens is 392 g/mol. The molecule has 0 saturated carbocycles. The van der Waals surface area contributed by atoms with Crippen molar-refractivity contribution in [1.29, 1.82) is 0 Å². The van der Waals surface area contributed by atoms with Crippen molar-refractivity contribution in [3.63, 3.8) is 0 Å². The Morgan fingerprint density at radius 2 is 1.31 bits per heavy atom. The summed E-state index contributed by atoms with van der Waals surface area (Å²) in [5.41, 5.74) is 1.14. The van der Waals surface area contributed by atoms with E-state index in [9.17, 15) is 20.2 Å². The van der Waals surface area contributed by atoms with Crippen LogP contribution in [0, 0.1) is 20.2 Å². The van der Waals surface area contributed by atoms with E-state index in [4.69, 9.17) is 11.6 Å². The molecule has 144 valence electrons. The fourth-order valence-electron chi connectivity index (χ4n) is 2.75. The molecule has 3 aromatic carbocycles. The summed E-state index contributed by atoms with van der Waals surface area (Å²) < 4.78 is 0. The average Bonchev–Trinajstić information content (AvgIpc) is 2.72. The third-order valence-electron chi connectivity index (χ3n) is 4.14. The summed E-state index contributed by atoms with van der Waals surface area (Å²) in [5, 5.41) is 23.1. The SMILES string of the molecule is O=[N+]([O-])c1cc([N+](=O)[O-])c(/C(Cl)=C\c2ccccc2)cc1/C=C\c1ccccc1. The molecule has 0 atom stereocenters.